The number of ether oxygens (including phenoxy) is 1. The van der Waals surface area contributed by atoms with E-state index >= 15 is 0 Å². The van der Waals surface area contributed by atoms with Gasteiger partial charge in [-0.15, -0.1) is 0 Å². The topological polar surface area (TPSA) is 21.3 Å². The third-order valence-corrected chi connectivity index (χ3v) is 3.60. The smallest absolute Gasteiger partial charge is 0.119 e. The quantitative estimate of drug-likeness (QED) is 0.827. The first-order valence-electron chi connectivity index (χ1n) is 6.90. The highest BCUT2D eigenvalue weighted by atomic mass is 16.5. The second-order valence-electron chi connectivity index (χ2n) is 4.99. The van der Waals surface area contributed by atoms with E-state index in [0.717, 1.165) is 31.7 Å². The Kier molecular flexibility index (Phi) is 3.80. The molecule has 0 aliphatic heterocycles. The van der Waals surface area contributed by atoms with Crippen LogP contribution in [-0.4, -0.2) is 19.2 Å². The molecule has 0 saturated carbocycles. The SMILES string of the molecule is c1ccc(OCCNC2Cc3ccccc3C2)cc1. The minimum Gasteiger partial charge on any atom is -0.492 e. The Bertz CT molecular complexity index is 499. The van der Waals surface area contributed by atoms with E-state index in [9.17, 15) is 0 Å². The predicted molar refractivity (Wildman–Crippen MR) is 77.6 cm³/mol. The Labute approximate surface area is 114 Å². The van der Waals surface area contributed by atoms with Gasteiger partial charge in [0.15, 0.2) is 0 Å². The van der Waals surface area contributed by atoms with E-state index in [4.69, 9.17) is 4.74 Å². The van der Waals surface area contributed by atoms with Crippen LogP contribution in [0, 0.1) is 0 Å². The molecule has 0 unspecified atom stereocenters. The largest absolute Gasteiger partial charge is 0.492 e. The highest BCUT2D eigenvalue weighted by Gasteiger charge is 2.19. The van der Waals surface area contributed by atoms with Crippen molar-refractivity contribution in [1.82, 2.24) is 5.32 Å². The molecule has 2 heteroatoms. The third-order valence-electron chi connectivity index (χ3n) is 3.60. The summed E-state index contributed by atoms with van der Waals surface area (Å²) < 4.78 is 5.68. The molecule has 98 valence electrons. The van der Waals surface area contributed by atoms with Crippen molar-refractivity contribution in [2.45, 2.75) is 18.9 Å². The van der Waals surface area contributed by atoms with Crippen molar-refractivity contribution in [1.29, 1.82) is 0 Å². The van der Waals surface area contributed by atoms with Crippen molar-refractivity contribution in [3.05, 3.63) is 65.7 Å². The first-order valence-corrected chi connectivity index (χ1v) is 6.90. The van der Waals surface area contributed by atoms with Gasteiger partial charge in [-0.25, -0.2) is 0 Å². The van der Waals surface area contributed by atoms with Gasteiger partial charge in [0.1, 0.15) is 12.4 Å². The molecule has 0 bridgehead atoms. The molecule has 1 aliphatic carbocycles. The van der Waals surface area contributed by atoms with Crippen molar-refractivity contribution in [2.24, 2.45) is 0 Å². The summed E-state index contributed by atoms with van der Waals surface area (Å²) in [5.41, 5.74) is 2.98. The summed E-state index contributed by atoms with van der Waals surface area (Å²) in [4.78, 5) is 0. The summed E-state index contributed by atoms with van der Waals surface area (Å²) in [5.74, 6) is 0.944. The average molecular weight is 253 g/mol. The Balaban J connectivity index is 1.41. The number of benzene rings is 2. The van der Waals surface area contributed by atoms with Gasteiger partial charge in [0.25, 0.3) is 0 Å². The van der Waals surface area contributed by atoms with Crippen molar-refractivity contribution in [2.75, 3.05) is 13.2 Å². The minimum atomic E-state index is 0.566. The second kappa shape index (κ2) is 5.89. The normalized spacial score (nSPS) is 14.3. The van der Waals surface area contributed by atoms with Crippen LogP contribution in [0.4, 0.5) is 0 Å². The summed E-state index contributed by atoms with van der Waals surface area (Å²) >= 11 is 0. The van der Waals surface area contributed by atoms with Crippen LogP contribution in [-0.2, 0) is 12.8 Å². The Morgan fingerprint density at radius 1 is 0.895 bits per heavy atom. The van der Waals surface area contributed by atoms with Crippen LogP contribution in [0.5, 0.6) is 5.75 Å². The minimum absolute atomic E-state index is 0.566. The lowest BCUT2D eigenvalue weighted by Crippen LogP contribution is -2.33. The van der Waals surface area contributed by atoms with Gasteiger partial charge in [-0.2, -0.15) is 0 Å². The fraction of sp³-hybridized carbons (Fsp3) is 0.294. The molecular weight excluding hydrogens is 234 g/mol. The zero-order valence-electron chi connectivity index (χ0n) is 11.0. The van der Waals surface area contributed by atoms with E-state index in [2.05, 4.69) is 29.6 Å². The van der Waals surface area contributed by atoms with Crippen LogP contribution in [0.3, 0.4) is 0 Å². The molecule has 2 nitrogen and oxygen atoms in total. The molecular formula is C17H19NO. The van der Waals surface area contributed by atoms with Crippen LogP contribution >= 0.6 is 0 Å². The molecule has 0 atom stereocenters. The summed E-state index contributed by atoms with van der Waals surface area (Å²) in [7, 11) is 0. The number of fused-ring (bicyclic) bond motifs is 1. The first kappa shape index (κ1) is 12.2. The number of para-hydroxylation sites is 1. The van der Waals surface area contributed by atoms with E-state index < -0.39 is 0 Å². The zero-order valence-corrected chi connectivity index (χ0v) is 11.0. The Hall–Kier alpha value is -1.80. The number of nitrogens with one attached hydrogen (secondary N) is 1. The molecule has 0 radical (unpaired) electrons. The predicted octanol–water partition coefficient (Wildman–Crippen LogP) is 2.82. The van der Waals surface area contributed by atoms with E-state index in [1.165, 1.54) is 11.1 Å². The summed E-state index contributed by atoms with van der Waals surface area (Å²) in [6.45, 7) is 1.62. The summed E-state index contributed by atoms with van der Waals surface area (Å²) in [6.07, 6.45) is 2.28. The lowest BCUT2D eigenvalue weighted by Gasteiger charge is -2.12. The van der Waals surface area contributed by atoms with Gasteiger partial charge in [0.2, 0.25) is 0 Å². The van der Waals surface area contributed by atoms with Crippen LogP contribution in [0.25, 0.3) is 0 Å². The van der Waals surface area contributed by atoms with Gasteiger partial charge >= 0.3 is 0 Å². The van der Waals surface area contributed by atoms with E-state index in [0.29, 0.717) is 6.04 Å². The van der Waals surface area contributed by atoms with E-state index in [-0.39, 0.29) is 0 Å². The van der Waals surface area contributed by atoms with Gasteiger partial charge in [-0.05, 0) is 36.1 Å². The maximum absolute atomic E-state index is 5.68. The third kappa shape index (κ3) is 3.15. The van der Waals surface area contributed by atoms with Crippen LogP contribution in [0.15, 0.2) is 54.6 Å². The van der Waals surface area contributed by atoms with Crippen LogP contribution in [0.1, 0.15) is 11.1 Å². The number of rotatable bonds is 5. The van der Waals surface area contributed by atoms with Crippen LogP contribution in [0.2, 0.25) is 0 Å². The molecule has 0 fully saturated rings. The zero-order chi connectivity index (χ0) is 12.9. The molecule has 3 rings (SSSR count). The molecule has 0 amide bonds. The molecule has 0 spiro atoms. The average Bonchev–Trinajstić information content (AvgIpc) is 2.87. The van der Waals surface area contributed by atoms with Gasteiger partial charge in [-0.1, -0.05) is 42.5 Å². The summed E-state index contributed by atoms with van der Waals surface area (Å²) in [5, 5.41) is 3.57. The lowest BCUT2D eigenvalue weighted by atomic mass is 10.1. The second-order valence-corrected chi connectivity index (χ2v) is 4.99. The van der Waals surface area contributed by atoms with Crippen molar-refractivity contribution in [3.8, 4) is 5.75 Å². The van der Waals surface area contributed by atoms with Gasteiger partial charge in [0.05, 0.1) is 0 Å². The molecule has 2 aromatic carbocycles. The van der Waals surface area contributed by atoms with Crippen LogP contribution < -0.4 is 10.1 Å². The molecule has 0 heterocycles. The van der Waals surface area contributed by atoms with Gasteiger partial charge < -0.3 is 10.1 Å². The van der Waals surface area contributed by atoms with E-state index in [1.807, 2.05) is 30.3 Å². The molecule has 1 N–H and O–H groups in total. The molecule has 19 heavy (non-hydrogen) atoms. The maximum Gasteiger partial charge on any atom is 0.119 e. The van der Waals surface area contributed by atoms with Crippen molar-refractivity contribution < 1.29 is 4.74 Å². The highest BCUT2D eigenvalue weighted by Crippen LogP contribution is 2.21. The molecule has 0 aromatic heterocycles. The fourth-order valence-corrected chi connectivity index (χ4v) is 2.65. The highest BCUT2D eigenvalue weighted by molar-refractivity contribution is 5.33. The van der Waals surface area contributed by atoms with Crippen molar-refractivity contribution in [3.63, 3.8) is 0 Å². The standard InChI is InChI=1S/C17H19NO/c1-2-8-17(9-3-1)19-11-10-18-16-12-14-6-4-5-7-15(14)13-16/h1-9,16,18H,10-13H2. The Morgan fingerprint density at radius 3 is 2.21 bits per heavy atom. The number of hydrogen-bond donors (Lipinski definition) is 1. The molecule has 2 aromatic rings. The molecule has 1 aliphatic rings. The monoisotopic (exact) mass is 253 g/mol. The molecule has 0 saturated heterocycles. The lowest BCUT2D eigenvalue weighted by molar-refractivity contribution is 0.305. The van der Waals surface area contributed by atoms with E-state index in [1.54, 1.807) is 0 Å². The van der Waals surface area contributed by atoms with Gasteiger partial charge in [0, 0.05) is 12.6 Å². The first-order chi connectivity index (χ1) is 9.42. The summed E-state index contributed by atoms with van der Waals surface area (Å²) in [6, 6.07) is 19.3. The van der Waals surface area contributed by atoms with Crippen molar-refractivity contribution >= 4 is 0 Å². The number of hydrogen-bond acceptors (Lipinski definition) is 2. The fourth-order valence-electron chi connectivity index (χ4n) is 2.65. The Morgan fingerprint density at radius 2 is 1.53 bits per heavy atom. The maximum atomic E-state index is 5.68. The van der Waals surface area contributed by atoms with Gasteiger partial charge in [-0.3, -0.25) is 0 Å².